The Morgan fingerprint density at radius 1 is 1.14 bits per heavy atom. The lowest BCUT2D eigenvalue weighted by atomic mass is 10.1. The van der Waals surface area contributed by atoms with Crippen molar-refractivity contribution in [1.29, 1.82) is 5.26 Å². The maximum absolute atomic E-state index is 13.4. The van der Waals surface area contributed by atoms with Crippen molar-refractivity contribution >= 4 is 11.8 Å². The first-order valence-electron chi connectivity index (χ1n) is 9.30. The summed E-state index contributed by atoms with van der Waals surface area (Å²) in [5.74, 6) is -5.16. The highest BCUT2D eigenvalue weighted by molar-refractivity contribution is 5.94. The van der Waals surface area contributed by atoms with Crippen molar-refractivity contribution in [3.05, 3.63) is 35.1 Å². The Hall–Kier alpha value is -2.67. The predicted molar refractivity (Wildman–Crippen MR) is 91.6 cm³/mol. The molecule has 154 valence electrons. The van der Waals surface area contributed by atoms with Crippen LogP contribution in [0.4, 0.5) is 17.6 Å². The number of nitriles is 1. The molecule has 0 radical (unpaired) electrons. The lowest BCUT2D eigenvalue weighted by Crippen LogP contribution is -2.43. The smallest absolute Gasteiger partial charge is 0.254 e. The normalized spacial score (nSPS) is 30.2. The van der Waals surface area contributed by atoms with Crippen LogP contribution in [0, 0.1) is 40.6 Å². The van der Waals surface area contributed by atoms with Crippen molar-refractivity contribution in [2.45, 2.75) is 24.7 Å². The van der Waals surface area contributed by atoms with Crippen LogP contribution >= 0.6 is 0 Å². The summed E-state index contributed by atoms with van der Waals surface area (Å²) in [6, 6.07) is 2.55. The molecular weight excluding hydrogens is 392 g/mol. The van der Waals surface area contributed by atoms with Crippen molar-refractivity contribution in [3.63, 3.8) is 0 Å². The van der Waals surface area contributed by atoms with Gasteiger partial charge in [0, 0.05) is 31.1 Å². The lowest BCUT2D eigenvalue weighted by molar-refractivity contribution is -0.130. The summed E-state index contributed by atoms with van der Waals surface area (Å²) >= 11 is 0. The third kappa shape index (κ3) is 3.55. The van der Waals surface area contributed by atoms with E-state index in [0.717, 1.165) is 0 Å². The van der Waals surface area contributed by atoms with Gasteiger partial charge in [-0.05, 0) is 24.0 Å². The molecule has 0 aromatic heterocycles. The third-order valence-corrected chi connectivity index (χ3v) is 5.92. The molecular formula is C19H18F4N4O2. The lowest BCUT2D eigenvalue weighted by Gasteiger charge is -2.22. The zero-order chi connectivity index (χ0) is 20.9. The van der Waals surface area contributed by atoms with Gasteiger partial charge in [-0.15, -0.1) is 0 Å². The Balaban J connectivity index is 1.28. The highest BCUT2D eigenvalue weighted by Crippen LogP contribution is 2.45. The number of nitrogens with one attached hydrogen (secondary N) is 1. The van der Waals surface area contributed by atoms with Crippen molar-refractivity contribution < 1.29 is 27.2 Å². The van der Waals surface area contributed by atoms with E-state index in [9.17, 15) is 27.2 Å². The van der Waals surface area contributed by atoms with Gasteiger partial charge in [0.05, 0.1) is 19.2 Å². The Kier molecular flexibility index (Phi) is 4.94. The molecule has 1 N–H and O–H groups in total. The highest BCUT2D eigenvalue weighted by Gasteiger charge is 2.56. The van der Waals surface area contributed by atoms with E-state index in [2.05, 4.69) is 5.32 Å². The molecule has 29 heavy (non-hydrogen) atoms. The minimum atomic E-state index is -1.62. The van der Waals surface area contributed by atoms with Crippen LogP contribution in [0.25, 0.3) is 0 Å². The minimum Gasteiger partial charge on any atom is -0.338 e. The second-order valence-electron chi connectivity index (χ2n) is 7.72. The maximum atomic E-state index is 13.4. The van der Waals surface area contributed by atoms with Gasteiger partial charge >= 0.3 is 0 Å². The van der Waals surface area contributed by atoms with Gasteiger partial charge in [0.15, 0.2) is 17.5 Å². The number of alkyl halides is 1. The van der Waals surface area contributed by atoms with Crippen molar-refractivity contribution in [2.75, 3.05) is 26.2 Å². The number of fused-ring (bicyclic) bond motifs is 1. The van der Waals surface area contributed by atoms with Gasteiger partial charge in [0.2, 0.25) is 5.91 Å². The minimum absolute atomic E-state index is 0.00834. The summed E-state index contributed by atoms with van der Waals surface area (Å²) in [5.41, 5.74) is -0.250. The fourth-order valence-corrected chi connectivity index (χ4v) is 4.35. The molecule has 10 heteroatoms. The van der Waals surface area contributed by atoms with Crippen LogP contribution < -0.4 is 5.32 Å². The first kappa shape index (κ1) is 19.6. The van der Waals surface area contributed by atoms with Gasteiger partial charge in [-0.2, -0.15) is 5.26 Å². The zero-order valence-electron chi connectivity index (χ0n) is 15.2. The van der Waals surface area contributed by atoms with E-state index in [1.165, 1.54) is 9.80 Å². The SMILES string of the molecule is N#C[C@@H]1C[C@H](F)CN1C(=O)CNC1C2CN(C(=O)c3cc(F)c(F)c(F)c3)CC21. The van der Waals surface area contributed by atoms with Crippen molar-refractivity contribution in [1.82, 2.24) is 15.1 Å². The van der Waals surface area contributed by atoms with Gasteiger partial charge in [-0.25, -0.2) is 17.6 Å². The van der Waals surface area contributed by atoms with Crippen molar-refractivity contribution in [3.8, 4) is 6.07 Å². The van der Waals surface area contributed by atoms with Gasteiger partial charge in [-0.1, -0.05) is 0 Å². The fraction of sp³-hybridized carbons (Fsp3) is 0.526. The molecule has 2 saturated heterocycles. The summed E-state index contributed by atoms with van der Waals surface area (Å²) in [7, 11) is 0. The van der Waals surface area contributed by atoms with Crippen LogP contribution in [0.2, 0.25) is 0 Å². The molecule has 0 spiro atoms. The predicted octanol–water partition coefficient (Wildman–Crippen LogP) is 1.23. The van der Waals surface area contributed by atoms with E-state index in [0.29, 0.717) is 25.2 Å². The molecule has 2 amide bonds. The summed E-state index contributed by atoms with van der Waals surface area (Å²) in [4.78, 5) is 27.3. The Labute approximate surface area is 164 Å². The molecule has 0 bridgehead atoms. The van der Waals surface area contributed by atoms with E-state index >= 15 is 0 Å². The average molecular weight is 410 g/mol. The van der Waals surface area contributed by atoms with Gasteiger partial charge in [-0.3, -0.25) is 9.59 Å². The van der Waals surface area contributed by atoms with Crippen LogP contribution in [0.5, 0.6) is 0 Å². The molecule has 3 fully saturated rings. The number of rotatable bonds is 4. The van der Waals surface area contributed by atoms with E-state index in [4.69, 9.17) is 5.26 Å². The van der Waals surface area contributed by atoms with E-state index in [1.54, 1.807) is 0 Å². The first-order valence-corrected chi connectivity index (χ1v) is 9.30. The maximum Gasteiger partial charge on any atom is 0.254 e. The number of carbonyl (C=O) groups excluding carboxylic acids is 2. The summed E-state index contributed by atoms with van der Waals surface area (Å²) in [6.07, 6.45) is -1.16. The van der Waals surface area contributed by atoms with Crippen LogP contribution in [-0.2, 0) is 4.79 Å². The van der Waals surface area contributed by atoms with E-state index < -0.39 is 35.6 Å². The Morgan fingerprint density at radius 2 is 1.76 bits per heavy atom. The molecule has 1 aromatic carbocycles. The second kappa shape index (κ2) is 7.30. The van der Waals surface area contributed by atoms with Gasteiger partial charge < -0.3 is 15.1 Å². The van der Waals surface area contributed by atoms with Crippen molar-refractivity contribution in [2.24, 2.45) is 11.8 Å². The molecule has 1 saturated carbocycles. The Bertz CT molecular complexity index is 870. The average Bonchev–Trinajstić information content (AvgIpc) is 3.02. The number of halogens is 4. The second-order valence-corrected chi connectivity index (χ2v) is 7.72. The number of amides is 2. The summed E-state index contributed by atoms with van der Waals surface area (Å²) in [6.45, 7) is 0.606. The summed E-state index contributed by atoms with van der Waals surface area (Å²) < 4.78 is 53.2. The largest absolute Gasteiger partial charge is 0.338 e. The molecule has 2 unspecified atom stereocenters. The highest BCUT2D eigenvalue weighted by atomic mass is 19.2. The molecule has 6 nitrogen and oxygen atoms in total. The van der Waals surface area contributed by atoms with E-state index in [-0.39, 0.29) is 48.9 Å². The number of hydrogen-bond acceptors (Lipinski definition) is 4. The number of nitrogens with zero attached hydrogens (tertiary/aromatic N) is 3. The van der Waals surface area contributed by atoms with Gasteiger partial charge in [0.25, 0.3) is 5.91 Å². The number of carbonyl (C=O) groups is 2. The molecule has 4 rings (SSSR count). The molecule has 4 atom stereocenters. The molecule has 2 heterocycles. The summed E-state index contributed by atoms with van der Waals surface area (Å²) in [5, 5.41) is 12.1. The van der Waals surface area contributed by atoms with Crippen LogP contribution in [-0.4, -0.2) is 66.0 Å². The molecule has 1 aromatic rings. The number of benzene rings is 1. The van der Waals surface area contributed by atoms with E-state index in [1.807, 2.05) is 6.07 Å². The number of hydrogen-bond donors (Lipinski definition) is 1. The zero-order valence-corrected chi connectivity index (χ0v) is 15.2. The van der Waals surface area contributed by atoms with Gasteiger partial charge in [0.1, 0.15) is 12.2 Å². The topological polar surface area (TPSA) is 76.4 Å². The third-order valence-electron chi connectivity index (χ3n) is 5.92. The molecule has 2 aliphatic heterocycles. The molecule has 1 aliphatic carbocycles. The van der Waals surface area contributed by atoms with Crippen LogP contribution in [0.1, 0.15) is 16.8 Å². The number of piperidine rings is 1. The standard InChI is InChI=1S/C19H18F4N4O2/c20-10-3-11(4-24)27(6-10)16(28)5-25-18-12-7-26(8-13(12)18)19(29)9-1-14(21)17(23)15(22)2-9/h1-2,10-13,18,25H,3,5-8H2/t10-,11-,12?,13?,18?/m0/s1. The Morgan fingerprint density at radius 3 is 2.34 bits per heavy atom. The number of likely N-dealkylation sites (tertiary alicyclic amines) is 2. The molecule has 3 aliphatic rings. The quantitative estimate of drug-likeness (QED) is 0.599. The monoisotopic (exact) mass is 410 g/mol. The fourth-order valence-electron chi connectivity index (χ4n) is 4.35. The first-order chi connectivity index (χ1) is 13.8. The van der Waals surface area contributed by atoms with Crippen LogP contribution in [0.3, 0.4) is 0 Å². The van der Waals surface area contributed by atoms with Crippen LogP contribution in [0.15, 0.2) is 12.1 Å².